The molecule has 0 amide bonds. The molecule has 2 aromatic heterocycles. The summed E-state index contributed by atoms with van der Waals surface area (Å²) < 4.78 is 4.81. The molecule has 12 aromatic rings. The summed E-state index contributed by atoms with van der Waals surface area (Å²) in [5, 5.41) is 4.99. The SMILES string of the molecule is c1ccc(-c2ccc(-c3cccc(-c4ccc(-n5c6ccccc6c6cc(-c7ccc8c(c7)c7ccccc7n8-c7cccc(-c8ccccc8)c7)ccc65)cc4)c3)cc2)cc1. The Morgan fingerprint density at radius 3 is 1.06 bits per heavy atom. The van der Waals surface area contributed by atoms with E-state index >= 15 is 0 Å². The van der Waals surface area contributed by atoms with E-state index in [1.165, 1.54) is 99.2 Å². The van der Waals surface area contributed by atoms with Gasteiger partial charge in [0.05, 0.1) is 22.1 Å². The maximum absolute atomic E-state index is 2.41. The fourth-order valence-electron chi connectivity index (χ4n) is 9.48. The number of benzene rings is 10. The van der Waals surface area contributed by atoms with E-state index in [4.69, 9.17) is 0 Å². The van der Waals surface area contributed by atoms with Gasteiger partial charge in [0.15, 0.2) is 0 Å². The second-order valence-electron chi connectivity index (χ2n) is 16.2. The molecule has 0 radical (unpaired) electrons. The van der Waals surface area contributed by atoms with Crippen LogP contribution in [0.3, 0.4) is 0 Å². The van der Waals surface area contributed by atoms with Crippen LogP contribution in [-0.2, 0) is 0 Å². The van der Waals surface area contributed by atoms with Crippen LogP contribution < -0.4 is 0 Å². The first-order valence-electron chi connectivity index (χ1n) is 21.3. The topological polar surface area (TPSA) is 9.86 Å². The highest BCUT2D eigenvalue weighted by atomic mass is 15.0. The molecule has 2 heteroatoms. The minimum Gasteiger partial charge on any atom is -0.309 e. The van der Waals surface area contributed by atoms with Gasteiger partial charge >= 0.3 is 0 Å². The van der Waals surface area contributed by atoms with Crippen molar-refractivity contribution in [1.82, 2.24) is 9.13 Å². The lowest BCUT2D eigenvalue weighted by Gasteiger charge is -2.11. The first kappa shape index (κ1) is 35.7. The summed E-state index contributed by atoms with van der Waals surface area (Å²) in [6.07, 6.45) is 0. The Morgan fingerprint density at radius 1 is 0.177 bits per heavy atom. The number of hydrogen-bond donors (Lipinski definition) is 0. The lowest BCUT2D eigenvalue weighted by Crippen LogP contribution is -1.94. The van der Waals surface area contributed by atoms with E-state index in [0.29, 0.717) is 0 Å². The molecule has 0 spiro atoms. The van der Waals surface area contributed by atoms with Gasteiger partial charge in [-0.1, -0.05) is 176 Å². The van der Waals surface area contributed by atoms with Crippen molar-refractivity contribution < 1.29 is 0 Å². The molecule has 2 nitrogen and oxygen atoms in total. The lowest BCUT2D eigenvalue weighted by atomic mass is 9.97. The molecule has 0 bridgehead atoms. The minimum atomic E-state index is 1.14. The van der Waals surface area contributed by atoms with Gasteiger partial charge in [-0.3, -0.25) is 0 Å². The molecular weight excluding hydrogens is 749 g/mol. The molecule has 2 heterocycles. The second kappa shape index (κ2) is 14.8. The third-order valence-electron chi connectivity index (χ3n) is 12.5. The van der Waals surface area contributed by atoms with Gasteiger partial charge in [-0.2, -0.15) is 0 Å². The highest BCUT2D eigenvalue weighted by Crippen LogP contribution is 2.39. The molecule has 62 heavy (non-hydrogen) atoms. The smallest absolute Gasteiger partial charge is 0.0541 e. The number of hydrogen-bond acceptors (Lipinski definition) is 0. The van der Waals surface area contributed by atoms with Crippen LogP contribution in [0.5, 0.6) is 0 Å². The summed E-state index contributed by atoms with van der Waals surface area (Å²) in [7, 11) is 0. The summed E-state index contributed by atoms with van der Waals surface area (Å²) >= 11 is 0. The molecule has 0 fully saturated rings. The van der Waals surface area contributed by atoms with Crippen molar-refractivity contribution in [2.75, 3.05) is 0 Å². The van der Waals surface area contributed by atoms with E-state index in [0.717, 1.165) is 11.4 Å². The molecule has 10 aromatic carbocycles. The maximum Gasteiger partial charge on any atom is 0.0541 e. The number of para-hydroxylation sites is 2. The maximum atomic E-state index is 2.41. The van der Waals surface area contributed by atoms with Crippen LogP contribution in [0.2, 0.25) is 0 Å². The third-order valence-corrected chi connectivity index (χ3v) is 12.5. The third kappa shape index (κ3) is 6.12. The van der Waals surface area contributed by atoms with Crippen LogP contribution in [0.15, 0.2) is 243 Å². The average molecular weight is 789 g/mol. The predicted octanol–water partition coefficient (Wildman–Crippen LogP) is 16.2. The number of aromatic nitrogens is 2. The number of nitrogens with zero attached hydrogens (tertiary/aromatic N) is 2. The Kier molecular flexibility index (Phi) is 8.53. The van der Waals surface area contributed by atoms with Crippen LogP contribution in [0.1, 0.15) is 0 Å². The normalized spacial score (nSPS) is 11.5. The Hall–Kier alpha value is -8.20. The summed E-state index contributed by atoms with van der Waals surface area (Å²) in [6, 6.07) is 88.3. The van der Waals surface area contributed by atoms with Crippen molar-refractivity contribution >= 4 is 43.6 Å². The zero-order valence-electron chi connectivity index (χ0n) is 34.0. The molecular formula is C60H40N2. The minimum absolute atomic E-state index is 1.14. The molecule has 0 saturated heterocycles. The molecule has 12 rings (SSSR count). The molecule has 0 saturated carbocycles. The number of rotatable bonds is 7. The van der Waals surface area contributed by atoms with E-state index < -0.39 is 0 Å². The molecule has 290 valence electrons. The fraction of sp³-hybridized carbons (Fsp3) is 0. The zero-order chi connectivity index (χ0) is 41.0. The molecule has 0 aliphatic carbocycles. The van der Waals surface area contributed by atoms with Gasteiger partial charge in [-0.15, -0.1) is 0 Å². The van der Waals surface area contributed by atoms with Crippen LogP contribution in [-0.4, -0.2) is 9.13 Å². The average Bonchev–Trinajstić information content (AvgIpc) is 3.87. The largest absolute Gasteiger partial charge is 0.309 e. The van der Waals surface area contributed by atoms with Crippen molar-refractivity contribution in [2.24, 2.45) is 0 Å². The van der Waals surface area contributed by atoms with Gasteiger partial charge in [-0.25, -0.2) is 0 Å². The molecule has 0 aliphatic heterocycles. The Bertz CT molecular complexity index is 3590. The summed E-state index contributed by atoms with van der Waals surface area (Å²) in [5.74, 6) is 0. The van der Waals surface area contributed by atoms with E-state index in [-0.39, 0.29) is 0 Å². The van der Waals surface area contributed by atoms with Crippen molar-refractivity contribution in [2.45, 2.75) is 0 Å². The van der Waals surface area contributed by atoms with E-state index in [1.807, 2.05) is 0 Å². The van der Waals surface area contributed by atoms with E-state index in [9.17, 15) is 0 Å². The quantitative estimate of drug-likeness (QED) is 0.152. The van der Waals surface area contributed by atoms with Gasteiger partial charge in [0.2, 0.25) is 0 Å². The van der Waals surface area contributed by atoms with Crippen LogP contribution >= 0.6 is 0 Å². The van der Waals surface area contributed by atoms with Crippen molar-refractivity contribution in [3.05, 3.63) is 243 Å². The Labute approximate surface area is 360 Å². The molecule has 0 N–H and O–H groups in total. The van der Waals surface area contributed by atoms with Gasteiger partial charge < -0.3 is 9.13 Å². The fourth-order valence-corrected chi connectivity index (χ4v) is 9.48. The summed E-state index contributed by atoms with van der Waals surface area (Å²) in [6.45, 7) is 0. The van der Waals surface area contributed by atoms with Crippen molar-refractivity contribution in [1.29, 1.82) is 0 Å². The monoisotopic (exact) mass is 788 g/mol. The van der Waals surface area contributed by atoms with E-state index in [2.05, 4.69) is 252 Å². The lowest BCUT2D eigenvalue weighted by molar-refractivity contribution is 1.18. The van der Waals surface area contributed by atoms with Gasteiger partial charge in [0.25, 0.3) is 0 Å². The Morgan fingerprint density at radius 2 is 0.516 bits per heavy atom. The van der Waals surface area contributed by atoms with Crippen LogP contribution in [0.4, 0.5) is 0 Å². The molecule has 0 atom stereocenters. The highest BCUT2D eigenvalue weighted by molar-refractivity contribution is 6.12. The summed E-state index contributed by atoms with van der Waals surface area (Å²) in [4.78, 5) is 0. The number of fused-ring (bicyclic) bond motifs is 6. The van der Waals surface area contributed by atoms with Crippen molar-refractivity contribution in [3.8, 4) is 67.0 Å². The van der Waals surface area contributed by atoms with Gasteiger partial charge in [-0.05, 0) is 122 Å². The Balaban J connectivity index is 0.893. The van der Waals surface area contributed by atoms with Gasteiger partial charge in [0.1, 0.15) is 0 Å². The zero-order valence-corrected chi connectivity index (χ0v) is 34.0. The standard InChI is InChI=1S/C60H40N2/c1-3-13-41(14-4-1)43-25-27-44(28-26-43)46-17-11-18-47(37-46)45-29-33-51(34-30-45)61-57-23-9-7-21-53(57)55-39-49(31-35-59(55)61)50-32-36-60-56(40-50)54-22-8-10-24-58(54)62(60)52-20-12-19-48(38-52)42-15-5-2-6-16-42/h1-40H. The predicted molar refractivity (Wildman–Crippen MR) is 262 cm³/mol. The molecule has 0 aliphatic rings. The van der Waals surface area contributed by atoms with Crippen molar-refractivity contribution in [3.63, 3.8) is 0 Å². The second-order valence-corrected chi connectivity index (χ2v) is 16.2. The van der Waals surface area contributed by atoms with Crippen LogP contribution in [0.25, 0.3) is 111 Å². The highest BCUT2D eigenvalue weighted by Gasteiger charge is 2.17. The summed E-state index contributed by atoms with van der Waals surface area (Å²) in [5.41, 5.74) is 19.2. The van der Waals surface area contributed by atoms with Gasteiger partial charge in [0, 0.05) is 32.9 Å². The molecule has 0 unspecified atom stereocenters. The van der Waals surface area contributed by atoms with Crippen LogP contribution in [0, 0.1) is 0 Å². The first-order chi connectivity index (χ1) is 30.7. The first-order valence-corrected chi connectivity index (χ1v) is 21.3. The van der Waals surface area contributed by atoms with E-state index in [1.54, 1.807) is 0 Å².